The molecule has 1 atom stereocenters. The van der Waals surface area contributed by atoms with Crippen LogP contribution in [0.1, 0.15) is 60.3 Å². The van der Waals surface area contributed by atoms with Gasteiger partial charge in [-0.2, -0.15) is 0 Å². The van der Waals surface area contributed by atoms with E-state index in [1.165, 1.54) is 10.6 Å². The molecule has 8 rings (SSSR count). The summed E-state index contributed by atoms with van der Waals surface area (Å²) in [6, 6.07) is 25.8. The first-order valence-electron chi connectivity index (χ1n) is 18.4. The Morgan fingerprint density at radius 2 is 1.61 bits per heavy atom. The van der Waals surface area contributed by atoms with Gasteiger partial charge >= 0.3 is 5.69 Å². The highest BCUT2D eigenvalue weighted by atomic mass is 16.2. The molecular formula is C44H39N7O5. The third-order valence-corrected chi connectivity index (χ3v) is 10.6. The lowest BCUT2D eigenvalue weighted by atomic mass is 9.93. The van der Waals surface area contributed by atoms with Gasteiger partial charge in [-0.1, -0.05) is 56.3 Å². The summed E-state index contributed by atoms with van der Waals surface area (Å²) in [5, 5.41) is 7.21. The SMILES string of the molecule is CC(C)c1cc(-c2cccc3cc(-c4ccc(C(=O)NCc5ccc(-c6ccc(=O)n(C7CCC(=O)NC7=O)c6)cc5)nc4)ncc23)cc2c1n(C)c(=O)n2C. The second kappa shape index (κ2) is 14.4. The molecule has 0 aliphatic carbocycles. The Labute approximate surface area is 321 Å². The molecule has 1 aliphatic rings. The third-order valence-electron chi connectivity index (χ3n) is 10.6. The second-order valence-electron chi connectivity index (χ2n) is 14.5. The Balaban J connectivity index is 0.957. The van der Waals surface area contributed by atoms with E-state index in [4.69, 9.17) is 4.98 Å². The van der Waals surface area contributed by atoms with Crippen LogP contribution in [0.5, 0.6) is 0 Å². The lowest BCUT2D eigenvalue weighted by Gasteiger charge is -2.23. The number of carbonyl (C=O) groups excluding carboxylic acids is 3. The predicted molar refractivity (Wildman–Crippen MR) is 215 cm³/mol. The Morgan fingerprint density at radius 3 is 2.34 bits per heavy atom. The largest absolute Gasteiger partial charge is 0.347 e. The van der Waals surface area contributed by atoms with Crippen molar-refractivity contribution >= 4 is 39.5 Å². The van der Waals surface area contributed by atoms with E-state index < -0.39 is 11.9 Å². The minimum absolute atomic E-state index is 0.0543. The maximum absolute atomic E-state index is 13.1. The molecule has 1 aliphatic heterocycles. The summed E-state index contributed by atoms with van der Waals surface area (Å²) in [6.45, 7) is 4.55. The monoisotopic (exact) mass is 745 g/mol. The number of rotatable bonds is 8. The van der Waals surface area contributed by atoms with Crippen LogP contribution in [0.15, 0.2) is 113 Å². The quantitative estimate of drug-likeness (QED) is 0.181. The number of pyridine rings is 3. The van der Waals surface area contributed by atoms with Gasteiger partial charge in [-0.3, -0.25) is 43.6 Å². The van der Waals surface area contributed by atoms with Gasteiger partial charge < -0.3 is 9.88 Å². The average Bonchev–Trinajstić information content (AvgIpc) is 3.43. The fraction of sp³-hybridized carbons (Fsp3) is 0.205. The van der Waals surface area contributed by atoms with Crippen molar-refractivity contribution in [3.63, 3.8) is 0 Å². The molecule has 3 amide bonds. The summed E-state index contributed by atoms with van der Waals surface area (Å²) in [7, 11) is 3.62. The zero-order valence-corrected chi connectivity index (χ0v) is 31.4. The van der Waals surface area contributed by atoms with E-state index in [2.05, 4.69) is 47.7 Å². The maximum Gasteiger partial charge on any atom is 0.328 e. The van der Waals surface area contributed by atoms with Crippen LogP contribution in [-0.4, -0.2) is 41.4 Å². The topological polar surface area (TPSA) is 150 Å². The highest BCUT2D eigenvalue weighted by Gasteiger charge is 2.28. The number of imidazole rings is 1. The molecule has 2 N–H and O–H groups in total. The van der Waals surface area contributed by atoms with E-state index in [0.717, 1.165) is 66.4 Å². The zero-order chi connectivity index (χ0) is 39.2. The molecule has 0 saturated carbocycles. The molecule has 7 aromatic rings. The van der Waals surface area contributed by atoms with E-state index in [9.17, 15) is 24.0 Å². The third kappa shape index (κ3) is 6.59. The summed E-state index contributed by atoms with van der Waals surface area (Å²) in [4.78, 5) is 71.6. The number of carbonyl (C=O) groups is 3. The van der Waals surface area contributed by atoms with Crippen LogP contribution in [0.25, 0.3) is 55.3 Å². The van der Waals surface area contributed by atoms with Gasteiger partial charge in [-0.25, -0.2) is 4.79 Å². The number of aromatic nitrogens is 5. The highest BCUT2D eigenvalue weighted by Crippen LogP contribution is 2.35. The number of nitrogens with one attached hydrogen (secondary N) is 2. The summed E-state index contributed by atoms with van der Waals surface area (Å²) in [6.07, 6.45) is 5.60. The van der Waals surface area contributed by atoms with Crippen molar-refractivity contribution in [3.05, 3.63) is 141 Å². The molecule has 1 fully saturated rings. The molecule has 5 heterocycles. The maximum atomic E-state index is 13.1. The van der Waals surface area contributed by atoms with Crippen LogP contribution in [0, 0.1) is 0 Å². The first-order valence-corrected chi connectivity index (χ1v) is 18.4. The van der Waals surface area contributed by atoms with Crippen molar-refractivity contribution in [1.29, 1.82) is 0 Å². The van der Waals surface area contributed by atoms with E-state index in [1.807, 2.05) is 61.8 Å². The molecule has 4 aromatic heterocycles. The number of imide groups is 1. The van der Waals surface area contributed by atoms with Crippen LogP contribution in [-0.2, 0) is 30.2 Å². The molecule has 3 aromatic carbocycles. The predicted octanol–water partition coefficient (Wildman–Crippen LogP) is 6.01. The molecule has 56 heavy (non-hydrogen) atoms. The van der Waals surface area contributed by atoms with E-state index in [0.29, 0.717) is 0 Å². The minimum atomic E-state index is -0.741. The first kappa shape index (κ1) is 36.0. The molecule has 0 spiro atoms. The number of piperidine rings is 1. The van der Waals surface area contributed by atoms with Crippen molar-refractivity contribution in [2.75, 3.05) is 0 Å². The number of fused-ring (bicyclic) bond motifs is 2. The van der Waals surface area contributed by atoms with E-state index in [1.54, 1.807) is 40.7 Å². The standard InChI is InChI=1S/C44H39N7O5/c1-25(2)33-18-31(20-38-41(33)50(4)44(56)49(38)3)32-7-5-6-28-19-36(46-23-34(28)32)29-12-14-35(45-22-29)42(54)47-21-26-8-10-27(11-9-26)30-13-17-40(53)51(24-30)37-15-16-39(52)48-43(37)55/h5-14,17-20,22-25,37H,15-16,21H2,1-4H3,(H,47,54)(H,48,52,55). The zero-order valence-electron chi connectivity index (χ0n) is 31.4. The number of hydrogen-bond acceptors (Lipinski definition) is 7. The van der Waals surface area contributed by atoms with Gasteiger partial charge in [0.1, 0.15) is 11.7 Å². The second-order valence-corrected chi connectivity index (χ2v) is 14.5. The smallest absolute Gasteiger partial charge is 0.328 e. The van der Waals surface area contributed by atoms with Gasteiger partial charge in [0.15, 0.2) is 0 Å². The molecule has 280 valence electrons. The summed E-state index contributed by atoms with van der Waals surface area (Å²) in [5.74, 6) is -0.920. The number of hydrogen-bond donors (Lipinski definition) is 2. The lowest BCUT2D eigenvalue weighted by Crippen LogP contribution is -2.44. The Morgan fingerprint density at radius 1 is 0.839 bits per heavy atom. The molecule has 1 unspecified atom stereocenters. The van der Waals surface area contributed by atoms with Crippen LogP contribution >= 0.6 is 0 Å². The van der Waals surface area contributed by atoms with E-state index in [-0.39, 0.29) is 54.1 Å². The minimum Gasteiger partial charge on any atom is -0.347 e. The number of benzene rings is 3. The molecule has 0 bridgehead atoms. The lowest BCUT2D eigenvalue weighted by molar-refractivity contribution is -0.135. The van der Waals surface area contributed by atoms with Gasteiger partial charge in [0.2, 0.25) is 11.8 Å². The van der Waals surface area contributed by atoms with Crippen LogP contribution < -0.4 is 21.9 Å². The highest BCUT2D eigenvalue weighted by molar-refractivity contribution is 6.00. The summed E-state index contributed by atoms with van der Waals surface area (Å²) < 4.78 is 4.79. The Bertz CT molecular complexity index is 2830. The Kier molecular flexibility index (Phi) is 9.25. The van der Waals surface area contributed by atoms with Crippen molar-refractivity contribution in [2.24, 2.45) is 14.1 Å². The van der Waals surface area contributed by atoms with Gasteiger partial charge in [-0.05, 0) is 87.5 Å². The summed E-state index contributed by atoms with van der Waals surface area (Å²) in [5.41, 5.74) is 8.84. The van der Waals surface area contributed by atoms with Crippen LogP contribution in [0.4, 0.5) is 0 Å². The molecule has 0 radical (unpaired) electrons. The number of nitrogens with zero attached hydrogens (tertiary/aromatic N) is 5. The molecule has 12 heteroatoms. The molecule has 1 saturated heterocycles. The van der Waals surface area contributed by atoms with Gasteiger partial charge in [-0.15, -0.1) is 0 Å². The summed E-state index contributed by atoms with van der Waals surface area (Å²) >= 11 is 0. The van der Waals surface area contributed by atoms with Crippen LogP contribution in [0.3, 0.4) is 0 Å². The number of aryl methyl sites for hydroxylation is 2. The molecular weight excluding hydrogens is 707 g/mol. The van der Waals surface area contributed by atoms with Gasteiger partial charge in [0.25, 0.3) is 11.5 Å². The van der Waals surface area contributed by atoms with Gasteiger partial charge in [0.05, 0.1) is 16.7 Å². The number of amides is 3. The van der Waals surface area contributed by atoms with Gasteiger partial charge in [0, 0.05) is 62.7 Å². The Hall–Kier alpha value is -6.95. The van der Waals surface area contributed by atoms with Crippen molar-refractivity contribution in [3.8, 4) is 33.5 Å². The first-order chi connectivity index (χ1) is 27.0. The van der Waals surface area contributed by atoms with E-state index >= 15 is 0 Å². The average molecular weight is 746 g/mol. The van der Waals surface area contributed by atoms with Crippen LogP contribution in [0.2, 0.25) is 0 Å². The fourth-order valence-electron chi connectivity index (χ4n) is 7.50. The molecule has 12 nitrogen and oxygen atoms in total. The van der Waals surface area contributed by atoms with Crippen molar-refractivity contribution < 1.29 is 14.4 Å². The fourth-order valence-corrected chi connectivity index (χ4v) is 7.50. The van der Waals surface area contributed by atoms with Crippen molar-refractivity contribution in [2.45, 2.75) is 45.2 Å². The van der Waals surface area contributed by atoms with Crippen molar-refractivity contribution in [1.82, 2.24) is 34.3 Å². The normalized spacial score (nSPS) is 14.4.